The van der Waals surface area contributed by atoms with E-state index in [1.165, 1.54) is 0 Å². The lowest BCUT2D eigenvalue weighted by Gasteiger charge is -2.19. The van der Waals surface area contributed by atoms with E-state index in [2.05, 4.69) is 10.3 Å². The third-order valence-corrected chi connectivity index (χ3v) is 4.90. The lowest BCUT2D eigenvalue weighted by molar-refractivity contribution is 0.0914. The molecule has 0 bridgehead atoms. The van der Waals surface area contributed by atoms with Crippen molar-refractivity contribution in [3.63, 3.8) is 0 Å². The lowest BCUT2D eigenvalue weighted by atomic mass is 10.1. The zero-order chi connectivity index (χ0) is 19.0. The molecule has 5 nitrogen and oxygen atoms in total. The molecular weight excluding hydrogens is 362 g/mol. The molecule has 2 heterocycles. The molecule has 136 valence electrons. The SMILES string of the molecule is Cc1c(C(=O)N[C@@H](c2ccc(Cl)cc2)c2nccn2C)oc2ccccc12. The minimum absolute atomic E-state index is 0.286. The molecule has 27 heavy (non-hydrogen) atoms. The maximum atomic E-state index is 13.0. The van der Waals surface area contributed by atoms with Gasteiger partial charge in [0.15, 0.2) is 5.76 Å². The number of para-hydroxylation sites is 1. The average Bonchev–Trinajstić information content (AvgIpc) is 3.24. The molecule has 0 unspecified atom stereocenters. The van der Waals surface area contributed by atoms with Gasteiger partial charge in [-0.2, -0.15) is 0 Å². The second-order valence-corrected chi connectivity index (χ2v) is 6.84. The first-order valence-electron chi connectivity index (χ1n) is 8.56. The van der Waals surface area contributed by atoms with E-state index in [0.29, 0.717) is 16.4 Å². The molecule has 1 amide bonds. The van der Waals surface area contributed by atoms with Gasteiger partial charge in [-0.1, -0.05) is 41.9 Å². The molecular formula is C21H18ClN3O2. The number of imidazole rings is 1. The molecule has 4 aromatic rings. The Morgan fingerprint density at radius 3 is 2.59 bits per heavy atom. The Labute approximate surface area is 161 Å². The number of rotatable bonds is 4. The number of hydrogen-bond donors (Lipinski definition) is 1. The smallest absolute Gasteiger partial charge is 0.288 e. The van der Waals surface area contributed by atoms with Gasteiger partial charge in [0.25, 0.3) is 5.91 Å². The van der Waals surface area contributed by atoms with Crippen molar-refractivity contribution >= 4 is 28.5 Å². The Balaban J connectivity index is 1.72. The third-order valence-electron chi connectivity index (χ3n) is 4.65. The van der Waals surface area contributed by atoms with Crippen molar-refractivity contribution in [1.29, 1.82) is 0 Å². The predicted molar refractivity (Wildman–Crippen MR) is 105 cm³/mol. The number of benzene rings is 2. The summed E-state index contributed by atoms with van der Waals surface area (Å²) in [4.78, 5) is 17.4. The number of fused-ring (bicyclic) bond motifs is 1. The molecule has 0 aliphatic carbocycles. The van der Waals surface area contributed by atoms with E-state index in [1.807, 2.05) is 61.1 Å². The van der Waals surface area contributed by atoms with Crippen LogP contribution in [0, 0.1) is 6.92 Å². The molecule has 2 aromatic carbocycles. The first-order valence-corrected chi connectivity index (χ1v) is 8.94. The summed E-state index contributed by atoms with van der Waals surface area (Å²) in [6.07, 6.45) is 3.55. The number of aromatic nitrogens is 2. The highest BCUT2D eigenvalue weighted by Gasteiger charge is 2.25. The van der Waals surface area contributed by atoms with Gasteiger partial charge in [0.05, 0.1) is 0 Å². The summed E-state index contributed by atoms with van der Waals surface area (Å²) in [5.41, 5.74) is 2.40. The van der Waals surface area contributed by atoms with Crippen LogP contribution in [-0.2, 0) is 7.05 Å². The predicted octanol–water partition coefficient (Wildman–Crippen LogP) is 4.65. The summed E-state index contributed by atoms with van der Waals surface area (Å²) in [6.45, 7) is 1.89. The molecule has 2 aromatic heterocycles. The second-order valence-electron chi connectivity index (χ2n) is 6.41. The monoisotopic (exact) mass is 379 g/mol. The van der Waals surface area contributed by atoms with Gasteiger partial charge in [-0.15, -0.1) is 0 Å². The summed E-state index contributed by atoms with van der Waals surface area (Å²) >= 11 is 6.02. The van der Waals surface area contributed by atoms with Gasteiger partial charge in [-0.05, 0) is 30.7 Å². The van der Waals surface area contributed by atoms with E-state index in [-0.39, 0.29) is 5.91 Å². The van der Waals surface area contributed by atoms with Crippen LogP contribution in [0.2, 0.25) is 5.02 Å². The normalized spacial score (nSPS) is 12.3. The highest BCUT2D eigenvalue weighted by molar-refractivity contribution is 6.30. The minimum atomic E-state index is -0.428. The van der Waals surface area contributed by atoms with Crippen molar-refractivity contribution in [1.82, 2.24) is 14.9 Å². The van der Waals surface area contributed by atoms with E-state index in [9.17, 15) is 4.79 Å². The third kappa shape index (κ3) is 3.22. The Morgan fingerprint density at radius 1 is 1.19 bits per heavy atom. The Bertz CT molecular complexity index is 1110. The Morgan fingerprint density at radius 2 is 1.93 bits per heavy atom. The van der Waals surface area contributed by atoms with Gasteiger partial charge in [-0.25, -0.2) is 4.98 Å². The molecule has 0 fully saturated rings. The highest BCUT2D eigenvalue weighted by Crippen LogP contribution is 2.27. The number of nitrogens with one attached hydrogen (secondary N) is 1. The van der Waals surface area contributed by atoms with Crippen LogP contribution < -0.4 is 5.32 Å². The van der Waals surface area contributed by atoms with Crippen molar-refractivity contribution in [3.8, 4) is 0 Å². The molecule has 6 heteroatoms. The first kappa shape index (κ1) is 17.4. The fourth-order valence-electron chi connectivity index (χ4n) is 3.20. The summed E-state index contributed by atoms with van der Waals surface area (Å²) < 4.78 is 7.68. The maximum Gasteiger partial charge on any atom is 0.288 e. The Kier molecular flexibility index (Phi) is 4.46. The van der Waals surface area contributed by atoms with E-state index in [1.54, 1.807) is 18.3 Å². The summed E-state index contributed by atoms with van der Waals surface area (Å²) in [6, 6.07) is 14.5. The van der Waals surface area contributed by atoms with Crippen LogP contribution in [0.3, 0.4) is 0 Å². The van der Waals surface area contributed by atoms with Crippen molar-refractivity contribution in [2.24, 2.45) is 7.05 Å². The maximum absolute atomic E-state index is 13.0. The van der Waals surface area contributed by atoms with E-state index in [0.717, 1.165) is 22.3 Å². The number of amides is 1. The van der Waals surface area contributed by atoms with Crippen LogP contribution in [0.15, 0.2) is 65.3 Å². The highest BCUT2D eigenvalue weighted by atomic mass is 35.5. The van der Waals surface area contributed by atoms with Gasteiger partial charge >= 0.3 is 0 Å². The van der Waals surface area contributed by atoms with Crippen molar-refractivity contribution in [3.05, 3.63) is 88.7 Å². The molecule has 1 N–H and O–H groups in total. The summed E-state index contributed by atoms with van der Waals surface area (Å²) in [7, 11) is 1.89. The number of hydrogen-bond acceptors (Lipinski definition) is 3. The number of halogens is 1. The second kappa shape index (κ2) is 6.93. The molecule has 0 saturated heterocycles. The zero-order valence-corrected chi connectivity index (χ0v) is 15.7. The largest absolute Gasteiger partial charge is 0.451 e. The van der Waals surface area contributed by atoms with Gasteiger partial charge in [0.1, 0.15) is 17.4 Å². The van der Waals surface area contributed by atoms with E-state index >= 15 is 0 Å². The number of nitrogens with zero attached hydrogens (tertiary/aromatic N) is 2. The van der Waals surface area contributed by atoms with Gasteiger partial charge in [0.2, 0.25) is 0 Å². The molecule has 0 aliphatic heterocycles. The average molecular weight is 380 g/mol. The quantitative estimate of drug-likeness (QED) is 0.561. The van der Waals surface area contributed by atoms with E-state index < -0.39 is 6.04 Å². The molecule has 4 rings (SSSR count). The van der Waals surface area contributed by atoms with Crippen LogP contribution >= 0.6 is 11.6 Å². The molecule has 1 atom stereocenters. The van der Waals surface area contributed by atoms with Crippen molar-refractivity contribution in [2.75, 3.05) is 0 Å². The fourth-order valence-corrected chi connectivity index (χ4v) is 3.32. The van der Waals surface area contributed by atoms with Gasteiger partial charge in [0, 0.05) is 35.4 Å². The van der Waals surface area contributed by atoms with E-state index in [4.69, 9.17) is 16.0 Å². The minimum Gasteiger partial charge on any atom is -0.451 e. The fraction of sp³-hybridized carbons (Fsp3) is 0.143. The van der Waals surface area contributed by atoms with Crippen LogP contribution in [0.5, 0.6) is 0 Å². The molecule has 0 spiro atoms. The number of aryl methyl sites for hydroxylation is 2. The first-order chi connectivity index (χ1) is 13.0. The van der Waals surface area contributed by atoms with Crippen LogP contribution in [0.1, 0.15) is 33.5 Å². The van der Waals surface area contributed by atoms with Crippen LogP contribution in [0.4, 0.5) is 0 Å². The van der Waals surface area contributed by atoms with Gasteiger partial charge in [-0.3, -0.25) is 4.79 Å². The van der Waals surface area contributed by atoms with Gasteiger partial charge < -0.3 is 14.3 Å². The topological polar surface area (TPSA) is 60.1 Å². The number of carbonyl (C=O) groups is 1. The molecule has 0 saturated carbocycles. The van der Waals surface area contributed by atoms with Crippen LogP contribution in [-0.4, -0.2) is 15.5 Å². The zero-order valence-electron chi connectivity index (χ0n) is 14.9. The molecule has 0 radical (unpaired) electrons. The number of carbonyl (C=O) groups excluding carboxylic acids is 1. The van der Waals surface area contributed by atoms with Crippen molar-refractivity contribution in [2.45, 2.75) is 13.0 Å². The summed E-state index contributed by atoms with van der Waals surface area (Å²) in [5, 5.41) is 4.62. The van der Waals surface area contributed by atoms with Crippen LogP contribution in [0.25, 0.3) is 11.0 Å². The van der Waals surface area contributed by atoms with Crippen molar-refractivity contribution < 1.29 is 9.21 Å². The Hall–Kier alpha value is -3.05. The lowest BCUT2D eigenvalue weighted by Crippen LogP contribution is -2.31. The number of furan rings is 1. The standard InChI is InChI=1S/C21H18ClN3O2/c1-13-16-5-3-4-6-17(16)27-19(13)21(26)24-18(20-23-11-12-25(20)2)14-7-9-15(22)10-8-14/h3-12,18H,1-2H3,(H,24,26)/t18-/m0/s1. The molecule has 0 aliphatic rings. The summed E-state index contributed by atoms with van der Waals surface area (Å²) in [5.74, 6) is 0.746.